The van der Waals surface area contributed by atoms with E-state index < -0.39 is 0 Å². The Hall–Kier alpha value is -0.600. The second kappa shape index (κ2) is 4.28. The van der Waals surface area contributed by atoms with Crippen LogP contribution < -0.4 is 5.73 Å². The van der Waals surface area contributed by atoms with Gasteiger partial charge in [0.2, 0.25) is 0 Å². The SMILES string of the molecule is CC1=C(CC(N)CO)C(C)(C)CC=C1. The van der Waals surface area contributed by atoms with Crippen molar-refractivity contribution in [1.29, 1.82) is 0 Å². The fourth-order valence-electron chi connectivity index (χ4n) is 2.05. The van der Waals surface area contributed by atoms with Gasteiger partial charge in [0.15, 0.2) is 0 Å². The Balaban J connectivity index is 2.85. The summed E-state index contributed by atoms with van der Waals surface area (Å²) >= 11 is 0. The van der Waals surface area contributed by atoms with Gasteiger partial charge in [0, 0.05) is 6.04 Å². The average Bonchev–Trinajstić information content (AvgIpc) is 2.11. The molecule has 0 heterocycles. The summed E-state index contributed by atoms with van der Waals surface area (Å²) in [6, 6.07) is -0.120. The molecule has 1 aliphatic rings. The van der Waals surface area contributed by atoms with E-state index in [1.807, 2.05) is 0 Å². The minimum atomic E-state index is -0.120. The van der Waals surface area contributed by atoms with E-state index in [4.69, 9.17) is 10.8 Å². The number of allylic oxidation sites excluding steroid dienone is 3. The Morgan fingerprint density at radius 3 is 2.71 bits per heavy atom. The van der Waals surface area contributed by atoms with Crippen molar-refractivity contribution in [3.8, 4) is 0 Å². The number of aliphatic hydroxyl groups excluding tert-OH is 1. The van der Waals surface area contributed by atoms with Gasteiger partial charge >= 0.3 is 0 Å². The van der Waals surface area contributed by atoms with Gasteiger partial charge in [-0.15, -0.1) is 0 Å². The van der Waals surface area contributed by atoms with Crippen LogP contribution in [0.15, 0.2) is 23.3 Å². The Labute approximate surface area is 86.5 Å². The molecule has 1 atom stereocenters. The molecule has 0 aromatic rings. The highest BCUT2D eigenvalue weighted by molar-refractivity contribution is 5.33. The number of rotatable bonds is 3. The van der Waals surface area contributed by atoms with E-state index in [2.05, 4.69) is 32.9 Å². The Kier molecular flexibility index (Phi) is 3.51. The van der Waals surface area contributed by atoms with Gasteiger partial charge in [-0.2, -0.15) is 0 Å². The van der Waals surface area contributed by atoms with E-state index in [9.17, 15) is 0 Å². The maximum absolute atomic E-state index is 8.96. The lowest BCUT2D eigenvalue weighted by Crippen LogP contribution is -2.29. The average molecular weight is 195 g/mol. The van der Waals surface area contributed by atoms with Crippen LogP contribution in [-0.4, -0.2) is 17.8 Å². The van der Waals surface area contributed by atoms with Gasteiger partial charge in [-0.1, -0.05) is 37.1 Å². The van der Waals surface area contributed by atoms with Crippen molar-refractivity contribution in [1.82, 2.24) is 0 Å². The van der Waals surface area contributed by atoms with Crippen LogP contribution in [0.4, 0.5) is 0 Å². The summed E-state index contributed by atoms with van der Waals surface area (Å²) < 4.78 is 0. The molecule has 1 rings (SSSR count). The van der Waals surface area contributed by atoms with Crippen LogP contribution in [0.3, 0.4) is 0 Å². The molecule has 2 heteroatoms. The summed E-state index contributed by atoms with van der Waals surface area (Å²) in [4.78, 5) is 0. The summed E-state index contributed by atoms with van der Waals surface area (Å²) in [7, 11) is 0. The third-order valence-electron chi connectivity index (χ3n) is 2.99. The van der Waals surface area contributed by atoms with Gasteiger partial charge in [0.1, 0.15) is 0 Å². The molecule has 80 valence electrons. The lowest BCUT2D eigenvalue weighted by Gasteiger charge is -2.32. The van der Waals surface area contributed by atoms with Crippen molar-refractivity contribution < 1.29 is 5.11 Å². The molecule has 14 heavy (non-hydrogen) atoms. The molecule has 1 aliphatic carbocycles. The molecule has 0 fully saturated rings. The molecule has 0 saturated heterocycles. The van der Waals surface area contributed by atoms with Crippen LogP contribution in [0, 0.1) is 5.41 Å². The Bertz CT molecular complexity index is 263. The molecule has 2 nitrogen and oxygen atoms in total. The summed E-state index contributed by atoms with van der Waals surface area (Å²) in [6.07, 6.45) is 6.24. The molecule has 0 saturated carbocycles. The first-order valence-electron chi connectivity index (χ1n) is 5.20. The van der Waals surface area contributed by atoms with Crippen molar-refractivity contribution in [3.63, 3.8) is 0 Å². The Morgan fingerprint density at radius 2 is 2.21 bits per heavy atom. The normalized spacial score (nSPS) is 22.6. The van der Waals surface area contributed by atoms with Gasteiger partial charge < -0.3 is 10.8 Å². The van der Waals surface area contributed by atoms with E-state index in [1.165, 1.54) is 11.1 Å². The molecule has 0 aliphatic heterocycles. The zero-order chi connectivity index (χ0) is 10.8. The number of aliphatic hydroxyl groups is 1. The molecule has 0 aromatic heterocycles. The van der Waals surface area contributed by atoms with Crippen LogP contribution in [0.25, 0.3) is 0 Å². The first kappa shape index (κ1) is 11.5. The maximum Gasteiger partial charge on any atom is 0.0585 e. The standard InChI is InChI=1S/C12H21NO/c1-9-5-4-6-12(2,3)11(9)7-10(13)8-14/h4-5,10,14H,6-8,13H2,1-3H3. The molecule has 0 spiro atoms. The summed E-state index contributed by atoms with van der Waals surface area (Å²) in [6.45, 7) is 6.66. The van der Waals surface area contributed by atoms with E-state index in [1.54, 1.807) is 0 Å². The van der Waals surface area contributed by atoms with E-state index in [0.29, 0.717) is 0 Å². The zero-order valence-electron chi connectivity index (χ0n) is 9.38. The smallest absolute Gasteiger partial charge is 0.0585 e. The first-order valence-corrected chi connectivity index (χ1v) is 5.20. The molecular weight excluding hydrogens is 174 g/mol. The van der Waals surface area contributed by atoms with Crippen LogP contribution in [0.5, 0.6) is 0 Å². The third kappa shape index (κ3) is 2.46. The molecular formula is C12H21NO. The summed E-state index contributed by atoms with van der Waals surface area (Å²) in [5.41, 5.74) is 8.68. The van der Waals surface area contributed by atoms with Crippen molar-refractivity contribution in [3.05, 3.63) is 23.3 Å². The lowest BCUT2D eigenvalue weighted by molar-refractivity contribution is 0.258. The minimum absolute atomic E-state index is 0.0660. The van der Waals surface area contributed by atoms with Crippen LogP contribution in [0.1, 0.15) is 33.6 Å². The Morgan fingerprint density at radius 1 is 1.57 bits per heavy atom. The van der Waals surface area contributed by atoms with Gasteiger partial charge in [-0.3, -0.25) is 0 Å². The topological polar surface area (TPSA) is 46.2 Å². The second-order valence-corrected chi connectivity index (χ2v) is 4.80. The molecule has 0 aromatic carbocycles. The highest BCUT2D eigenvalue weighted by Crippen LogP contribution is 2.38. The first-order chi connectivity index (χ1) is 6.47. The van der Waals surface area contributed by atoms with Crippen LogP contribution in [-0.2, 0) is 0 Å². The highest BCUT2D eigenvalue weighted by atomic mass is 16.3. The van der Waals surface area contributed by atoms with E-state index in [-0.39, 0.29) is 18.1 Å². The van der Waals surface area contributed by atoms with Gasteiger partial charge in [-0.05, 0) is 25.2 Å². The second-order valence-electron chi connectivity index (χ2n) is 4.80. The molecule has 3 N–H and O–H groups in total. The van der Waals surface area contributed by atoms with E-state index >= 15 is 0 Å². The number of nitrogens with two attached hydrogens (primary N) is 1. The van der Waals surface area contributed by atoms with E-state index in [0.717, 1.165) is 12.8 Å². The van der Waals surface area contributed by atoms with Crippen molar-refractivity contribution in [2.45, 2.75) is 39.7 Å². The molecule has 0 amide bonds. The van der Waals surface area contributed by atoms with Crippen molar-refractivity contribution in [2.75, 3.05) is 6.61 Å². The summed E-state index contributed by atoms with van der Waals surface area (Å²) in [5, 5.41) is 8.96. The monoisotopic (exact) mass is 195 g/mol. The van der Waals surface area contributed by atoms with Gasteiger partial charge in [0.05, 0.1) is 6.61 Å². The lowest BCUT2D eigenvalue weighted by atomic mass is 9.73. The zero-order valence-corrected chi connectivity index (χ0v) is 9.38. The van der Waals surface area contributed by atoms with Gasteiger partial charge in [0.25, 0.3) is 0 Å². The van der Waals surface area contributed by atoms with Gasteiger partial charge in [-0.25, -0.2) is 0 Å². The summed E-state index contributed by atoms with van der Waals surface area (Å²) in [5.74, 6) is 0. The predicted molar refractivity (Wildman–Crippen MR) is 59.9 cm³/mol. The van der Waals surface area contributed by atoms with Crippen LogP contribution in [0.2, 0.25) is 0 Å². The maximum atomic E-state index is 8.96. The highest BCUT2D eigenvalue weighted by Gasteiger charge is 2.26. The fourth-order valence-corrected chi connectivity index (χ4v) is 2.05. The van der Waals surface area contributed by atoms with Crippen molar-refractivity contribution in [2.24, 2.45) is 11.1 Å². The largest absolute Gasteiger partial charge is 0.395 e. The van der Waals surface area contributed by atoms with Crippen molar-refractivity contribution >= 4 is 0 Å². The minimum Gasteiger partial charge on any atom is -0.395 e. The number of hydrogen-bond acceptors (Lipinski definition) is 2. The third-order valence-corrected chi connectivity index (χ3v) is 2.99. The fraction of sp³-hybridized carbons (Fsp3) is 0.667. The van der Waals surface area contributed by atoms with Crippen LogP contribution >= 0.6 is 0 Å². The molecule has 0 bridgehead atoms. The number of hydrogen-bond donors (Lipinski definition) is 2. The molecule has 0 radical (unpaired) electrons. The quantitative estimate of drug-likeness (QED) is 0.723. The molecule has 1 unspecified atom stereocenters. The predicted octanol–water partition coefficient (Wildman–Crippen LogP) is 2.00.